The van der Waals surface area contributed by atoms with Gasteiger partial charge in [0.2, 0.25) is 10.0 Å². The molecule has 0 spiro atoms. The second-order valence-corrected chi connectivity index (χ2v) is 11.9. The molecule has 0 amide bonds. The number of aromatic nitrogens is 4. The van der Waals surface area contributed by atoms with Crippen LogP contribution >= 0.6 is 11.3 Å². The number of piperazine rings is 1. The van der Waals surface area contributed by atoms with Gasteiger partial charge in [0.1, 0.15) is 4.90 Å². The van der Waals surface area contributed by atoms with Gasteiger partial charge >= 0.3 is 0 Å². The van der Waals surface area contributed by atoms with Crippen molar-refractivity contribution in [1.29, 1.82) is 0 Å². The molecule has 5 heterocycles. The summed E-state index contributed by atoms with van der Waals surface area (Å²) in [5.74, 6) is 0.257. The van der Waals surface area contributed by atoms with E-state index >= 15 is 0 Å². The molecule has 3 aromatic rings. The molecule has 2 aliphatic rings. The number of rotatable bonds is 6. The Kier molecular flexibility index (Phi) is 5.83. The van der Waals surface area contributed by atoms with Gasteiger partial charge in [0.05, 0.1) is 36.2 Å². The molecule has 2 N–H and O–H groups in total. The number of sulfonamides is 1. The Balaban J connectivity index is 1.65. The standard InChI is InChI=1S/C20H25F2N7O3S2/c1-11-6-28(7-12(2)24-11)14-4-13(34(30,31)27-20(3)9-32-10-20)8-29-15(14)5-23-17(29)19-26-25-18(33-19)16(21)22/h4-5,8,11-12,16,24,27H,6-7,9-10H2,1-3H3/t11-,12-/m0/s1. The molecule has 2 fully saturated rings. The fourth-order valence-corrected chi connectivity index (χ4v) is 6.49. The first-order valence-corrected chi connectivity index (χ1v) is 13.1. The largest absolute Gasteiger partial charge is 0.377 e. The summed E-state index contributed by atoms with van der Waals surface area (Å²) in [6, 6.07) is 2.02. The van der Waals surface area contributed by atoms with Crippen LogP contribution in [0.15, 0.2) is 23.4 Å². The number of alkyl halides is 2. The molecular formula is C20H25F2N7O3S2. The van der Waals surface area contributed by atoms with Crippen LogP contribution in [0, 0.1) is 0 Å². The summed E-state index contributed by atoms with van der Waals surface area (Å²) in [6.45, 7) is 7.80. The summed E-state index contributed by atoms with van der Waals surface area (Å²) >= 11 is 0.731. The maximum atomic E-state index is 13.4. The van der Waals surface area contributed by atoms with Crippen LogP contribution in [0.25, 0.3) is 16.3 Å². The summed E-state index contributed by atoms with van der Waals surface area (Å²) in [6.07, 6.45) is 0.309. The van der Waals surface area contributed by atoms with Gasteiger partial charge in [-0.25, -0.2) is 26.9 Å². The van der Waals surface area contributed by atoms with E-state index in [1.165, 1.54) is 6.20 Å². The molecule has 0 aromatic carbocycles. The van der Waals surface area contributed by atoms with E-state index in [9.17, 15) is 17.2 Å². The molecular weight excluding hydrogens is 488 g/mol. The maximum Gasteiger partial charge on any atom is 0.291 e. The van der Waals surface area contributed by atoms with Crippen LogP contribution < -0.4 is 14.9 Å². The lowest BCUT2D eigenvalue weighted by Crippen LogP contribution is -2.59. The molecule has 2 aliphatic heterocycles. The number of pyridine rings is 1. The summed E-state index contributed by atoms with van der Waals surface area (Å²) in [5, 5.41) is 10.7. The highest BCUT2D eigenvalue weighted by Crippen LogP contribution is 2.34. The van der Waals surface area contributed by atoms with E-state index in [2.05, 4.69) is 44.0 Å². The van der Waals surface area contributed by atoms with Gasteiger partial charge in [-0.1, -0.05) is 11.3 Å². The smallest absolute Gasteiger partial charge is 0.291 e. The van der Waals surface area contributed by atoms with Gasteiger partial charge in [-0.05, 0) is 26.8 Å². The monoisotopic (exact) mass is 513 g/mol. The normalized spacial score (nSPS) is 22.9. The van der Waals surface area contributed by atoms with E-state index in [0.29, 0.717) is 24.3 Å². The molecule has 2 saturated heterocycles. The van der Waals surface area contributed by atoms with Gasteiger partial charge in [-0.15, -0.1) is 10.2 Å². The van der Waals surface area contributed by atoms with E-state index < -0.39 is 27.0 Å². The van der Waals surface area contributed by atoms with Crippen molar-refractivity contribution in [2.75, 3.05) is 31.2 Å². The van der Waals surface area contributed by atoms with Gasteiger partial charge in [0.15, 0.2) is 15.8 Å². The summed E-state index contributed by atoms with van der Waals surface area (Å²) in [5.41, 5.74) is 0.660. The van der Waals surface area contributed by atoms with Crippen LogP contribution in [0.4, 0.5) is 14.5 Å². The van der Waals surface area contributed by atoms with Crippen molar-refractivity contribution in [3.05, 3.63) is 23.5 Å². The van der Waals surface area contributed by atoms with Crippen molar-refractivity contribution in [2.24, 2.45) is 0 Å². The zero-order valence-corrected chi connectivity index (χ0v) is 20.5. The number of nitrogens with one attached hydrogen (secondary N) is 2. The number of halogens is 2. The van der Waals surface area contributed by atoms with Crippen LogP contribution in [-0.4, -0.2) is 71.9 Å². The van der Waals surface area contributed by atoms with Gasteiger partial charge in [0.25, 0.3) is 6.43 Å². The van der Waals surface area contributed by atoms with Crippen molar-refractivity contribution in [2.45, 2.75) is 49.7 Å². The fraction of sp³-hybridized carbons (Fsp3) is 0.550. The molecule has 0 unspecified atom stereocenters. The first-order valence-electron chi connectivity index (χ1n) is 10.8. The topological polar surface area (TPSA) is 114 Å². The summed E-state index contributed by atoms with van der Waals surface area (Å²) in [7, 11) is -3.92. The Labute approximate surface area is 199 Å². The third-order valence-corrected chi connectivity index (χ3v) is 8.38. The number of anilines is 1. The van der Waals surface area contributed by atoms with Crippen molar-refractivity contribution < 1.29 is 21.9 Å². The van der Waals surface area contributed by atoms with E-state index in [1.807, 2.05) is 0 Å². The SMILES string of the molecule is C[C@H]1CN(c2cc(S(=O)(=O)NC3(C)COC3)cn3c(-c4nnc(C(F)F)s4)ncc23)C[C@H](C)N1. The zero-order chi connectivity index (χ0) is 24.3. The van der Waals surface area contributed by atoms with Crippen LogP contribution in [-0.2, 0) is 14.8 Å². The van der Waals surface area contributed by atoms with Crippen LogP contribution in [0.5, 0.6) is 0 Å². The quantitative estimate of drug-likeness (QED) is 0.515. The second kappa shape index (κ2) is 8.45. The maximum absolute atomic E-state index is 13.4. The molecule has 14 heteroatoms. The lowest BCUT2D eigenvalue weighted by molar-refractivity contribution is -0.0523. The van der Waals surface area contributed by atoms with Gasteiger partial charge in [0, 0.05) is 31.4 Å². The molecule has 34 heavy (non-hydrogen) atoms. The molecule has 5 rings (SSSR count). The number of fused-ring (bicyclic) bond motifs is 1. The lowest BCUT2D eigenvalue weighted by Gasteiger charge is -2.39. The molecule has 184 valence electrons. The molecule has 0 aliphatic carbocycles. The minimum absolute atomic E-state index is 0.0415. The fourth-order valence-electron chi connectivity index (χ4n) is 4.40. The van der Waals surface area contributed by atoms with E-state index in [4.69, 9.17) is 4.74 Å². The molecule has 0 radical (unpaired) electrons. The van der Waals surface area contributed by atoms with Crippen molar-refractivity contribution in [3.63, 3.8) is 0 Å². The lowest BCUT2D eigenvalue weighted by atomic mass is 10.0. The summed E-state index contributed by atoms with van der Waals surface area (Å²) in [4.78, 5) is 6.56. The molecule has 0 bridgehead atoms. The van der Waals surface area contributed by atoms with Crippen LogP contribution in [0.3, 0.4) is 0 Å². The highest BCUT2D eigenvalue weighted by atomic mass is 32.2. The second-order valence-electron chi connectivity index (χ2n) is 9.18. The highest BCUT2D eigenvalue weighted by Gasteiger charge is 2.38. The average Bonchev–Trinajstić information content (AvgIpc) is 3.38. The predicted octanol–water partition coefficient (Wildman–Crippen LogP) is 2.04. The highest BCUT2D eigenvalue weighted by molar-refractivity contribution is 7.89. The number of imidazole rings is 1. The Morgan fingerprint density at radius 3 is 2.56 bits per heavy atom. The number of ether oxygens (including phenoxy) is 1. The molecule has 2 atom stereocenters. The minimum Gasteiger partial charge on any atom is -0.377 e. The van der Waals surface area contributed by atoms with E-state index in [1.54, 1.807) is 23.6 Å². The first kappa shape index (κ1) is 23.5. The minimum atomic E-state index is -3.92. The predicted molar refractivity (Wildman–Crippen MR) is 123 cm³/mol. The Bertz CT molecular complexity index is 1310. The Morgan fingerprint density at radius 1 is 1.26 bits per heavy atom. The molecule has 3 aromatic heterocycles. The average molecular weight is 514 g/mol. The number of nitrogens with zero attached hydrogens (tertiary/aromatic N) is 5. The van der Waals surface area contributed by atoms with E-state index in [0.717, 1.165) is 11.3 Å². The first-order chi connectivity index (χ1) is 16.0. The number of hydrogen-bond acceptors (Lipinski definition) is 9. The molecule has 0 saturated carbocycles. The van der Waals surface area contributed by atoms with Crippen molar-refractivity contribution in [1.82, 2.24) is 29.6 Å². The van der Waals surface area contributed by atoms with Crippen LogP contribution in [0.1, 0.15) is 32.2 Å². The zero-order valence-electron chi connectivity index (χ0n) is 18.8. The van der Waals surface area contributed by atoms with Crippen molar-refractivity contribution in [3.8, 4) is 10.8 Å². The molecule has 10 nitrogen and oxygen atoms in total. The van der Waals surface area contributed by atoms with E-state index in [-0.39, 0.29) is 41.0 Å². The number of hydrogen-bond donors (Lipinski definition) is 2. The van der Waals surface area contributed by atoms with Crippen molar-refractivity contribution >= 4 is 32.6 Å². The van der Waals surface area contributed by atoms with Gasteiger partial charge < -0.3 is 15.0 Å². The Morgan fingerprint density at radius 2 is 1.97 bits per heavy atom. The van der Waals surface area contributed by atoms with Gasteiger partial charge in [-0.2, -0.15) is 0 Å². The van der Waals surface area contributed by atoms with Crippen LogP contribution in [0.2, 0.25) is 0 Å². The summed E-state index contributed by atoms with van der Waals surface area (Å²) < 4.78 is 62.4. The Hall–Kier alpha value is -2.26. The third kappa shape index (κ3) is 4.28. The van der Waals surface area contributed by atoms with Gasteiger partial charge in [-0.3, -0.25) is 4.40 Å². The third-order valence-electron chi connectivity index (χ3n) is 5.84.